The first-order valence-electron chi connectivity index (χ1n) is 2.53. The third-order valence-electron chi connectivity index (χ3n) is 1.07. The second-order valence-electron chi connectivity index (χ2n) is 1.86. The molecule has 0 aromatic carbocycles. The Morgan fingerprint density at radius 1 is 1.78 bits per heavy atom. The van der Waals surface area contributed by atoms with Crippen molar-refractivity contribution in [1.82, 2.24) is 0 Å². The molecule has 0 aromatic rings. The van der Waals surface area contributed by atoms with Crippen LogP contribution in [0.2, 0.25) is 0 Å². The lowest BCUT2D eigenvalue weighted by atomic mass is 10.1. The molecule has 2 unspecified atom stereocenters. The summed E-state index contributed by atoms with van der Waals surface area (Å²) in [6, 6.07) is -1.07. The first kappa shape index (κ1) is 8.10. The topological polar surface area (TPSA) is 80.4 Å². The molecule has 0 aliphatic heterocycles. The molecule has 0 rings (SSSR count). The molecular weight excluding hydrogens is 122 g/mol. The van der Waals surface area contributed by atoms with E-state index in [-0.39, 0.29) is 0 Å². The van der Waals surface area contributed by atoms with Crippen LogP contribution >= 0.6 is 0 Å². The number of aldehydes is 1. The summed E-state index contributed by atoms with van der Waals surface area (Å²) in [4.78, 5) is 19.9. The van der Waals surface area contributed by atoms with E-state index in [2.05, 4.69) is 0 Å². The number of aliphatic carboxylic acids is 1. The molecule has 0 aromatic heterocycles. The van der Waals surface area contributed by atoms with E-state index in [4.69, 9.17) is 10.8 Å². The van der Waals surface area contributed by atoms with Crippen LogP contribution in [0.5, 0.6) is 0 Å². The van der Waals surface area contributed by atoms with Gasteiger partial charge in [0.15, 0.2) is 0 Å². The summed E-state index contributed by atoms with van der Waals surface area (Å²) < 4.78 is 0. The van der Waals surface area contributed by atoms with E-state index in [1.807, 2.05) is 0 Å². The maximum Gasteiger partial charge on any atom is 0.321 e. The summed E-state index contributed by atoms with van der Waals surface area (Å²) in [5.74, 6) is -1.75. The Morgan fingerprint density at radius 2 is 2.22 bits per heavy atom. The second kappa shape index (κ2) is 3.19. The molecule has 0 radical (unpaired) electrons. The van der Waals surface area contributed by atoms with E-state index in [1.54, 1.807) is 0 Å². The quantitative estimate of drug-likeness (QED) is 0.493. The van der Waals surface area contributed by atoms with Crippen molar-refractivity contribution in [1.29, 1.82) is 0 Å². The van der Waals surface area contributed by atoms with E-state index >= 15 is 0 Å². The monoisotopic (exact) mass is 131 g/mol. The molecule has 4 nitrogen and oxygen atoms in total. The Labute approximate surface area is 52.7 Å². The fraction of sp³-hybridized carbons (Fsp3) is 0.600. The van der Waals surface area contributed by atoms with Crippen LogP contribution in [0.1, 0.15) is 6.92 Å². The van der Waals surface area contributed by atoms with Crippen LogP contribution in [0.25, 0.3) is 0 Å². The summed E-state index contributed by atoms with van der Waals surface area (Å²) in [7, 11) is 0. The van der Waals surface area contributed by atoms with Gasteiger partial charge in [-0.05, 0) is 0 Å². The van der Waals surface area contributed by atoms with Gasteiger partial charge in [-0.2, -0.15) is 0 Å². The lowest BCUT2D eigenvalue weighted by Gasteiger charge is -2.06. The number of carbonyl (C=O) groups excluding carboxylic acids is 1. The molecule has 4 heteroatoms. The van der Waals surface area contributed by atoms with E-state index in [1.165, 1.54) is 6.92 Å². The predicted molar refractivity (Wildman–Crippen MR) is 30.8 cm³/mol. The van der Waals surface area contributed by atoms with Crippen molar-refractivity contribution in [3.05, 3.63) is 0 Å². The summed E-state index contributed by atoms with van der Waals surface area (Å²) in [6.07, 6.45) is 0.527. The number of carboxylic acids is 1. The average molecular weight is 131 g/mol. The molecular formula is C5H9NO3. The fourth-order valence-electron chi connectivity index (χ4n) is 0.310. The first-order chi connectivity index (χ1) is 4.09. The highest BCUT2D eigenvalue weighted by molar-refractivity contribution is 5.77. The van der Waals surface area contributed by atoms with Crippen molar-refractivity contribution in [3.8, 4) is 0 Å². The molecule has 0 aliphatic rings. The fourth-order valence-corrected chi connectivity index (χ4v) is 0.310. The molecule has 0 saturated carbocycles. The summed E-state index contributed by atoms with van der Waals surface area (Å²) >= 11 is 0. The first-order valence-corrected chi connectivity index (χ1v) is 2.53. The third-order valence-corrected chi connectivity index (χ3v) is 1.07. The molecule has 9 heavy (non-hydrogen) atoms. The molecule has 0 fully saturated rings. The molecule has 0 bridgehead atoms. The van der Waals surface area contributed by atoms with Gasteiger partial charge in [0.25, 0.3) is 0 Å². The Kier molecular flexibility index (Phi) is 2.87. The molecule has 0 amide bonds. The van der Waals surface area contributed by atoms with Crippen molar-refractivity contribution in [2.45, 2.75) is 13.0 Å². The van der Waals surface area contributed by atoms with Crippen LogP contribution < -0.4 is 5.73 Å². The number of hydrogen-bond donors (Lipinski definition) is 2. The van der Waals surface area contributed by atoms with E-state index < -0.39 is 17.9 Å². The number of nitrogens with two attached hydrogens (primary N) is 1. The minimum atomic E-state index is -1.14. The highest BCUT2D eigenvalue weighted by atomic mass is 16.4. The maximum absolute atomic E-state index is 10.0. The zero-order valence-corrected chi connectivity index (χ0v) is 5.07. The molecule has 52 valence electrons. The van der Waals surface area contributed by atoms with Crippen molar-refractivity contribution in [2.24, 2.45) is 11.7 Å². The van der Waals surface area contributed by atoms with Crippen molar-refractivity contribution >= 4 is 12.3 Å². The van der Waals surface area contributed by atoms with Crippen LogP contribution in [0.3, 0.4) is 0 Å². The number of rotatable bonds is 3. The maximum atomic E-state index is 10.0. The standard InChI is InChI=1S/C5H9NO3/c1-3(2-7)4(6)5(8)9/h2-4H,6H2,1H3,(H,8,9). The van der Waals surface area contributed by atoms with Gasteiger partial charge in [0.1, 0.15) is 12.3 Å². The normalized spacial score (nSPS) is 16.2. The van der Waals surface area contributed by atoms with E-state index in [9.17, 15) is 9.59 Å². The van der Waals surface area contributed by atoms with E-state index in [0.29, 0.717) is 6.29 Å². The zero-order valence-electron chi connectivity index (χ0n) is 5.07. The van der Waals surface area contributed by atoms with Crippen LogP contribution in [0, 0.1) is 5.92 Å². The molecule has 0 spiro atoms. The Bertz CT molecular complexity index is 123. The molecule has 0 heterocycles. The van der Waals surface area contributed by atoms with Gasteiger partial charge < -0.3 is 15.6 Å². The minimum Gasteiger partial charge on any atom is -0.480 e. The van der Waals surface area contributed by atoms with Gasteiger partial charge in [-0.15, -0.1) is 0 Å². The summed E-state index contributed by atoms with van der Waals surface area (Å²) in [5.41, 5.74) is 5.04. The van der Waals surface area contributed by atoms with Gasteiger partial charge in [-0.25, -0.2) is 0 Å². The van der Waals surface area contributed by atoms with Crippen LogP contribution in [0.4, 0.5) is 0 Å². The van der Waals surface area contributed by atoms with E-state index in [0.717, 1.165) is 0 Å². The van der Waals surface area contributed by atoms with Gasteiger partial charge in [-0.1, -0.05) is 6.92 Å². The summed E-state index contributed by atoms with van der Waals surface area (Å²) in [6.45, 7) is 1.46. The minimum absolute atomic E-state index is 0.527. The second-order valence-corrected chi connectivity index (χ2v) is 1.86. The van der Waals surface area contributed by atoms with Gasteiger partial charge in [0.05, 0.1) is 0 Å². The van der Waals surface area contributed by atoms with Crippen LogP contribution in [-0.2, 0) is 9.59 Å². The molecule has 0 aliphatic carbocycles. The smallest absolute Gasteiger partial charge is 0.321 e. The van der Waals surface area contributed by atoms with Crippen molar-refractivity contribution in [3.63, 3.8) is 0 Å². The number of carbonyl (C=O) groups is 2. The Balaban J connectivity index is 3.86. The van der Waals surface area contributed by atoms with Gasteiger partial charge >= 0.3 is 5.97 Å². The van der Waals surface area contributed by atoms with Crippen LogP contribution in [0.15, 0.2) is 0 Å². The van der Waals surface area contributed by atoms with Gasteiger partial charge in [0.2, 0.25) is 0 Å². The molecule has 2 atom stereocenters. The Hall–Kier alpha value is -0.900. The number of carboxylic acid groups (broad SMARTS) is 1. The van der Waals surface area contributed by atoms with Gasteiger partial charge in [0, 0.05) is 5.92 Å². The van der Waals surface area contributed by atoms with Crippen LogP contribution in [-0.4, -0.2) is 23.4 Å². The summed E-state index contributed by atoms with van der Waals surface area (Å²) in [5, 5.41) is 8.20. The Morgan fingerprint density at radius 3 is 2.33 bits per heavy atom. The molecule has 3 N–H and O–H groups in total. The predicted octanol–water partition coefficient (Wildman–Crippen LogP) is -0.767. The van der Waals surface area contributed by atoms with Gasteiger partial charge in [-0.3, -0.25) is 4.79 Å². The SMILES string of the molecule is CC(C=O)C(N)C(=O)O. The average Bonchev–Trinajstić information content (AvgIpc) is 1.84. The van der Waals surface area contributed by atoms with Crippen molar-refractivity contribution < 1.29 is 14.7 Å². The third kappa shape index (κ3) is 2.23. The zero-order chi connectivity index (χ0) is 7.44. The highest BCUT2D eigenvalue weighted by Crippen LogP contribution is 1.94. The number of hydrogen-bond acceptors (Lipinski definition) is 3. The lowest BCUT2D eigenvalue weighted by Crippen LogP contribution is -2.37. The largest absolute Gasteiger partial charge is 0.480 e. The lowest BCUT2D eigenvalue weighted by molar-refractivity contribution is -0.140. The highest BCUT2D eigenvalue weighted by Gasteiger charge is 2.18. The van der Waals surface area contributed by atoms with Crippen molar-refractivity contribution in [2.75, 3.05) is 0 Å². The molecule has 0 saturated heterocycles.